The minimum atomic E-state index is -0.467. The van der Waals surface area contributed by atoms with Gasteiger partial charge in [0.2, 0.25) is 0 Å². The van der Waals surface area contributed by atoms with Crippen molar-refractivity contribution in [1.29, 1.82) is 0 Å². The van der Waals surface area contributed by atoms with E-state index in [-0.39, 0.29) is 10.8 Å². The highest BCUT2D eigenvalue weighted by atomic mass is 35.5. The van der Waals surface area contributed by atoms with E-state index in [0.717, 1.165) is 5.56 Å². The van der Waals surface area contributed by atoms with Gasteiger partial charge in [0.05, 0.1) is 10.5 Å². The van der Waals surface area contributed by atoms with Crippen LogP contribution in [0.4, 0.5) is 5.69 Å². The Kier molecular flexibility index (Phi) is 2.83. The lowest BCUT2D eigenvalue weighted by Crippen LogP contribution is -1.93. The molecule has 0 spiro atoms. The van der Waals surface area contributed by atoms with Crippen LogP contribution < -0.4 is 0 Å². The largest absolute Gasteiger partial charge is 0.295 e. The van der Waals surface area contributed by atoms with Crippen molar-refractivity contribution in [2.24, 2.45) is 0 Å². The minimum Gasteiger partial charge on any atom is -0.258 e. The van der Waals surface area contributed by atoms with E-state index >= 15 is 0 Å². The van der Waals surface area contributed by atoms with Crippen LogP contribution in [0.2, 0.25) is 5.15 Å². The number of hydrogen-bond donors (Lipinski definition) is 0. The van der Waals surface area contributed by atoms with Crippen molar-refractivity contribution >= 4 is 17.3 Å². The average molecular weight is 235 g/mol. The maximum atomic E-state index is 10.8. The van der Waals surface area contributed by atoms with Crippen LogP contribution in [0, 0.1) is 10.1 Å². The Bertz CT molecular complexity index is 529. The zero-order valence-corrected chi connectivity index (χ0v) is 8.89. The fraction of sp³-hybridized carbons (Fsp3) is 0. The summed E-state index contributed by atoms with van der Waals surface area (Å²) in [6, 6.07) is 10.5. The molecule has 1 heterocycles. The van der Waals surface area contributed by atoms with Gasteiger partial charge in [-0.1, -0.05) is 41.9 Å². The van der Waals surface area contributed by atoms with Crippen LogP contribution in [0.1, 0.15) is 0 Å². The Hall–Kier alpha value is -1.94. The number of halogens is 1. The Morgan fingerprint density at radius 1 is 1.25 bits per heavy atom. The molecule has 2 aromatic rings. The van der Waals surface area contributed by atoms with Crippen LogP contribution in [0.3, 0.4) is 0 Å². The Labute approximate surface area is 96.7 Å². The molecule has 0 atom stereocenters. The van der Waals surface area contributed by atoms with E-state index in [0.29, 0.717) is 5.56 Å². The highest BCUT2D eigenvalue weighted by molar-refractivity contribution is 6.29. The predicted octanol–water partition coefficient (Wildman–Crippen LogP) is 3.31. The fourth-order valence-electron chi connectivity index (χ4n) is 1.42. The number of benzene rings is 1. The number of aromatic nitrogens is 1. The third-order valence-corrected chi connectivity index (χ3v) is 2.34. The first-order valence-corrected chi connectivity index (χ1v) is 4.91. The summed E-state index contributed by atoms with van der Waals surface area (Å²) in [4.78, 5) is 14.1. The second-order valence-corrected chi connectivity index (χ2v) is 3.53. The van der Waals surface area contributed by atoms with E-state index in [4.69, 9.17) is 11.6 Å². The van der Waals surface area contributed by atoms with E-state index in [1.54, 1.807) is 12.1 Å². The molecular weight excluding hydrogens is 228 g/mol. The van der Waals surface area contributed by atoms with Gasteiger partial charge in [-0.05, 0) is 11.6 Å². The van der Waals surface area contributed by atoms with Crippen LogP contribution in [0.15, 0.2) is 42.6 Å². The number of rotatable bonds is 2. The van der Waals surface area contributed by atoms with E-state index in [1.807, 2.05) is 18.2 Å². The molecular formula is C11H7ClN2O2. The van der Waals surface area contributed by atoms with Crippen molar-refractivity contribution in [1.82, 2.24) is 4.98 Å². The summed E-state index contributed by atoms with van der Waals surface area (Å²) in [6.07, 6.45) is 1.17. The number of nitro groups is 1. The quantitative estimate of drug-likeness (QED) is 0.455. The smallest absolute Gasteiger partial charge is 0.258 e. The molecule has 0 unspecified atom stereocenters. The van der Waals surface area contributed by atoms with Crippen LogP contribution in [0.5, 0.6) is 0 Å². The van der Waals surface area contributed by atoms with Crippen LogP contribution >= 0.6 is 11.6 Å². The molecule has 80 valence electrons. The first kappa shape index (κ1) is 10.6. The van der Waals surface area contributed by atoms with Gasteiger partial charge in [-0.2, -0.15) is 0 Å². The van der Waals surface area contributed by atoms with E-state index < -0.39 is 4.92 Å². The topological polar surface area (TPSA) is 56.0 Å². The highest BCUT2D eigenvalue weighted by Gasteiger charge is 2.15. The molecule has 1 aromatic heterocycles. The molecule has 0 aliphatic heterocycles. The predicted molar refractivity (Wildman–Crippen MR) is 61.3 cm³/mol. The normalized spacial score (nSPS) is 10.1. The molecule has 0 aliphatic carbocycles. The van der Waals surface area contributed by atoms with Gasteiger partial charge in [0, 0.05) is 0 Å². The summed E-state index contributed by atoms with van der Waals surface area (Å²) in [5, 5.41) is 11.1. The molecule has 0 aliphatic rings. The number of pyridine rings is 1. The molecule has 0 saturated carbocycles. The summed E-state index contributed by atoms with van der Waals surface area (Å²) in [7, 11) is 0. The molecule has 0 fully saturated rings. The standard InChI is InChI=1S/C11H7ClN2O2/c12-11-6-9(8-4-2-1-3-5-8)10(7-13-11)14(15)16/h1-7H. The maximum absolute atomic E-state index is 10.8. The molecule has 0 saturated heterocycles. The van der Waals surface area contributed by atoms with Gasteiger partial charge in [-0.25, -0.2) is 4.98 Å². The van der Waals surface area contributed by atoms with Crippen LogP contribution in [-0.4, -0.2) is 9.91 Å². The van der Waals surface area contributed by atoms with Crippen molar-refractivity contribution < 1.29 is 4.92 Å². The second kappa shape index (κ2) is 4.28. The monoisotopic (exact) mass is 234 g/mol. The third kappa shape index (κ3) is 2.01. The summed E-state index contributed by atoms with van der Waals surface area (Å²) in [6.45, 7) is 0. The zero-order chi connectivity index (χ0) is 11.5. The summed E-state index contributed by atoms with van der Waals surface area (Å²) in [5.74, 6) is 0. The van der Waals surface area contributed by atoms with Gasteiger partial charge >= 0.3 is 0 Å². The molecule has 0 N–H and O–H groups in total. The van der Waals surface area contributed by atoms with Gasteiger partial charge in [0.15, 0.2) is 0 Å². The molecule has 1 aromatic carbocycles. The molecule has 5 heteroatoms. The molecule has 0 radical (unpaired) electrons. The van der Waals surface area contributed by atoms with Crippen molar-refractivity contribution in [3.63, 3.8) is 0 Å². The Morgan fingerprint density at radius 2 is 1.94 bits per heavy atom. The first-order chi connectivity index (χ1) is 7.68. The molecule has 16 heavy (non-hydrogen) atoms. The maximum Gasteiger partial charge on any atom is 0.295 e. The summed E-state index contributed by atoms with van der Waals surface area (Å²) >= 11 is 5.74. The lowest BCUT2D eigenvalue weighted by Gasteiger charge is -2.02. The van der Waals surface area contributed by atoms with Crippen molar-refractivity contribution in [3.8, 4) is 11.1 Å². The SMILES string of the molecule is O=[N+]([O-])c1cnc(Cl)cc1-c1ccccc1. The highest BCUT2D eigenvalue weighted by Crippen LogP contribution is 2.30. The third-order valence-electron chi connectivity index (χ3n) is 2.13. The Morgan fingerprint density at radius 3 is 2.56 bits per heavy atom. The average Bonchev–Trinajstić information content (AvgIpc) is 2.29. The fourth-order valence-corrected chi connectivity index (χ4v) is 1.57. The lowest BCUT2D eigenvalue weighted by atomic mass is 10.1. The van der Waals surface area contributed by atoms with E-state index in [2.05, 4.69) is 4.98 Å². The van der Waals surface area contributed by atoms with Crippen molar-refractivity contribution in [2.45, 2.75) is 0 Å². The van der Waals surface area contributed by atoms with Crippen LogP contribution in [0.25, 0.3) is 11.1 Å². The van der Waals surface area contributed by atoms with Gasteiger partial charge in [-0.3, -0.25) is 10.1 Å². The molecule has 0 bridgehead atoms. The van der Waals surface area contributed by atoms with E-state index in [1.165, 1.54) is 12.3 Å². The van der Waals surface area contributed by atoms with Crippen molar-refractivity contribution in [2.75, 3.05) is 0 Å². The summed E-state index contributed by atoms with van der Waals surface area (Å²) < 4.78 is 0. The lowest BCUT2D eigenvalue weighted by molar-refractivity contribution is -0.384. The number of hydrogen-bond acceptors (Lipinski definition) is 3. The van der Waals surface area contributed by atoms with Crippen LogP contribution in [-0.2, 0) is 0 Å². The zero-order valence-electron chi connectivity index (χ0n) is 8.13. The number of nitrogens with zero attached hydrogens (tertiary/aromatic N) is 2. The van der Waals surface area contributed by atoms with E-state index in [9.17, 15) is 10.1 Å². The molecule has 2 rings (SSSR count). The second-order valence-electron chi connectivity index (χ2n) is 3.15. The van der Waals surface area contributed by atoms with Gasteiger partial charge in [-0.15, -0.1) is 0 Å². The first-order valence-electron chi connectivity index (χ1n) is 4.54. The molecule has 4 nitrogen and oxygen atoms in total. The van der Waals surface area contributed by atoms with Crippen molar-refractivity contribution in [3.05, 3.63) is 57.9 Å². The molecule has 0 amide bonds. The van der Waals surface area contributed by atoms with Gasteiger partial charge in [0.1, 0.15) is 11.3 Å². The Balaban J connectivity index is 2.63. The van der Waals surface area contributed by atoms with Gasteiger partial charge in [0.25, 0.3) is 5.69 Å². The minimum absolute atomic E-state index is 0.0457. The summed E-state index contributed by atoms with van der Waals surface area (Å²) in [5.41, 5.74) is 1.18. The van der Waals surface area contributed by atoms with Gasteiger partial charge < -0.3 is 0 Å².